The maximum absolute atomic E-state index is 5.75. The molecule has 0 fully saturated rings. The standard InChI is InChI=1S/C13H22N2OS/c1-3-16-11(8-14)9-15-6-4-13-12(10(15)2)5-7-17-13/h5,7,10-11H,3-4,6,8-9,14H2,1-2H3. The van der Waals surface area contributed by atoms with Crippen LogP contribution in [0.2, 0.25) is 0 Å². The topological polar surface area (TPSA) is 38.5 Å². The summed E-state index contributed by atoms with van der Waals surface area (Å²) < 4.78 is 5.65. The fourth-order valence-corrected chi connectivity index (χ4v) is 3.47. The minimum Gasteiger partial charge on any atom is -0.376 e. The highest BCUT2D eigenvalue weighted by molar-refractivity contribution is 7.10. The van der Waals surface area contributed by atoms with Gasteiger partial charge in [0.25, 0.3) is 0 Å². The van der Waals surface area contributed by atoms with Gasteiger partial charge in [0.1, 0.15) is 0 Å². The molecule has 0 amide bonds. The lowest BCUT2D eigenvalue weighted by Gasteiger charge is -2.35. The Kier molecular flexibility index (Phi) is 4.56. The van der Waals surface area contributed by atoms with E-state index in [1.807, 2.05) is 18.3 Å². The summed E-state index contributed by atoms with van der Waals surface area (Å²) in [5.74, 6) is 0. The molecule has 17 heavy (non-hydrogen) atoms. The molecule has 0 bridgehead atoms. The molecule has 1 aromatic heterocycles. The molecular weight excluding hydrogens is 232 g/mol. The molecule has 2 N–H and O–H groups in total. The smallest absolute Gasteiger partial charge is 0.0823 e. The van der Waals surface area contributed by atoms with Crippen molar-refractivity contribution in [1.29, 1.82) is 0 Å². The lowest BCUT2D eigenvalue weighted by atomic mass is 10.0. The number of hydrogen-bond donors (Lipinski definition) is 1. The van der Waals surface area contributed by atoms with Gasteiger partial charge in [0, 0.05) is 37.2 Å². The number of ether oxygens (including phenoxy) is 1. The molecule has 1 aliphatic rings. The molecule has 2 rings (SSSR count). The Balaban J connectivity index is 1.99. The van der Waals surface area contributed by atoms with Crippen molar-refractivity contribution in [3.63, 3.8) is 0 Å². The van der Waals surface area contributed by atoms with Crippen molar-refractivity contribution in [1.82, 2.24) is 4.90 Å². The molecule has 1 aromatic rings. The number of hydrogen-bond acceptors (Lipinski definition) is 4. The number of thiophene rings is 1. The van der Waals surface area contributed by atoms with Crippen LogP contribution in [0.4, 0.5) is 0 Å². The highest BCUT2D eigenvalue weighted by Gasteiger charge is 2.26. The van der Waals surface area contributed by atoms with Crippen molar-refractivity contribution in [3.05, 3.63) is 21.9 Å². The van der Waals surface area contributed by atoms with Gasteiger partial charge in [-0.3, -0.25) is 4.90 Å². The summed E-state index contributed by atoms with van der Waals surface area (Å²) >= 11 is 1.88. The van der Waals surface area contributed by atoms with E-state index >= 15 is 0 Å². The second kappa shape index (κ2) is 5.96. The van der Waals surface area contributed by atoms with E-state index in [9.17, 15) is 0 Å². The minimum absolute atomic E-state index is 0.169. The van der Waals surface area contributed by atoms with Gasteiger partial charge in [-0.05, 0) is 37.3 Å². The highest BCUT2D eigenvalue weighted by atomic mass is 32.1. The van der Waals surface area contributed by atoms with E-state index in [0.29, 0.717) is 12.6 Å². The van der Waals surface area contributed by atoms with E-state index in [0.717, 1.165) is 19.7 Å². The van der Waals surface area contributed by atoms with Gasteiger partial charge in [-0.25, -0.2) is 0 Å². The van der Waals surface area contributed by atoms with Gasteiger partial charge in [0.2, 0.25) is 0 Å². The Morgan fingerprint density at radius 1 is 1.65 bits per heavy atom. The van der Waals surface area contributed by atoms with Gasteiger partial charge < -0.3 is 10.5 Å². The van der Waals surface area contributed by atoms with Gasteiger partial charge in [-0.2, -0.15) is 0 Å². The quantitative estimate of drug-likeness (QED) is 0.874. The third-order valence-electron chi connectivity index (χ3n) is 3.51. The van der Waals surface area contributed by atoms with Crippen LogP contribution in [0.1, 0.15) is 30.3 Å². The zero-order chi connectivity index (χ0) is 12.3. The maximum Gasteiger partial charge on any atom is 0.0823 e. The summed E-state index contributed by atoms with van der Waals surface area (Å²) in [6.45, 7) is 7.73. The lowest BCUT2D eigenvalue weighted by molar-refractivity contribution is 0.0273. The third-order valence-corrected chi connectivity index (χ3v) is 4.50. The van der Waals surface area contributed by atoms with Crippen molar-refractivity contribution in [2.45, 2.75) is 32.4 Å². The summed E-state index contributed by atoms with van der Waals surface area (Å²) in [7, 11) is 0. The monoisotopic (exact) mass is 254 g/mol. The second-order valence-corrected chi connectivity index (χ2v) is 5.53. The Morgan fingerprint density at radius 2 is 2.47 bits per heavy atom. The molecule has 2 unspecified atom stereocenters. The first-order valence-corrected chi connectivity index (χ1v) is 7.26. The summed E-state index contributed by atoms with van der Waals surface area (Å²) in [5.41, 5.74) is 7.24. The van der Waals surface area contributed by atoms with Crippen LogP contribution in [0.5, 0.6) is 0 Å². The van der Waals surface area contributed by atoms with Crippen molar-refractivity contribution in [2.24, 2.45) is 5.73 Å². The van der Waals surface area contributed by atoms with Crippen molar-refractivity contribution in [2.75, 3.05) is 26.2 Å². The Labute approximate surface area is 108 Å². The number of nitrogens with two attached hydrogens (primary N) is 1. The number of rotatable bonds is 5. The zero-order valence-electron chi connectivity index (χ0n) is 10.7. The molecule has 0 radical (unpaired) electrons. The van der Waals surface area contributed by atoms with E-state index in [4.69, 9.17) is 10.5 Å². The normalized spacial score (nSPS) is 22.4. The molecule has 0 aliphatic carbocycles. The highest BCUT2D eigenvalue weighted by Crippen LogP contribution is 2.32. The lowest BCUT2D eigenvalue weighted by Crippen LogP contribution is -2.42. The number of nitrogens with zero attached hydrogens (tertiary/aromatic N) is 1. The van der Waals surface area contributed by atoms with Crippen molar-refractivity contribution < 1.29 is 4.74 Å². The summed E-state index contributed by atoms with van der Waals surface area (Å²) in [4.78, 5) is 4.04. The molecule has 96 valence electrons. The van der Waals surface area contributed by atoms with E-state index in [1.54, 1.807) is 4.88 Å². The molecule has 0 saturated carbocycles. The molecular formula is C13H22N2OS. The van der Waals surface area contributed by atoms with Crippen LogP contribution in [-0.4, -0.2) is 37.2 Å². The molecule has 3 nitrogen and oxygen atoms in total. The number of fused-ring (bicyclic) bond motifs is 1. The Morgan fingerprint density at radius 3 is 3.18 bits per heavy atom. The van der Waals surface area contributed by atoms with E-state index in [-0.39, 0.29) is 6.10 Å². The van der Waals surface area contributed by atoms with E-state index in [2.05, 4.69) is 23.3 Å². The van der Waals surface area contributed by atoms with Gasteiger partial charge in [0.05, 0.1) is 6.10 Å². The summed E-state index contributed by atoms with van der Waals surface area (Å²) in [6, 6.07) is 2.76. The Bertz CT molecular complexity index is 353. The molecule has 0 saturated heterocycles. The first kappa shape index (κ1) is 13.0. The average Bonchev–Trinajstić information content (AvgIpc) is 2.80. The fourth-order valence-electron chi connectivity index (χ4n) is 2.50. The van der Waals surface area contributed by atoms with Crippen molar-refractivity contribution in [3.8, 4) is 0 Å². The van der Waals surface area contributed by atoms with E-state index in [1.165, 1.54) is 12.0 Å². The van der Waals surface area contributed by atoms with Crippen LogP contribution < -0.4 is 5.73 Å². The van der Waals surface area contributed by atoms with E-state index < -0.39 is 0 Å². The van der Waals surface area contributed by atoms with Gasteiger partial charge in [0.15, 0.2) is 0 Å². The van der Waals surface area contributed by atoms with Crippen LogP contribution in [0.25, 0.3) is 0 Å². The molecule has 2 heterocycles. The molecule has 0 aromatic carbocycles. The van der Waals surface area contributed by atoms with Crippen molar-refractivity contribution >= 4 is 11.3 Å². The van der Waals surface area contributed by atoms with Gasteiger partial charge in [-0.15, -0.1) is 11.3 Å². The Hall–Kier alpha value is -0.420. The van der Waals surface area contributed by atoms with Crippen LogP contribution in [0.15, 0.2) is 11.4 Å². The summed E-state index contributed by atoms with van der Waals surface area (Å²) in [6.07, 6.45) is 1.34. The fraction of sp³-hybridized carbons (Fsp3) is 0.692. The second-order valence-electron chi connectivity index (χ2n) is 4.53. The molecule has 0 spiro atoms. The third kappa shape index (κ3) is 2.88. The molecule has 4 heteroatoms. The minimum atomic E-state index is 0.169. The van der Waals surface area contributed by atoms with Gasteiger partial charge in [-0.1, -0.05) is 0 Å². The van der Waals surface area contributed by atoms with Crippen LogP contribution in [0, 0.1) is 0 Å². The first-order valence-electron chi connectivity index (χ1n) is 6.38. The first-order chi connectivity index (χ1) is 8.26. The zero-order valence-corrected chi connectivity index (χ0v) is 11.5. The predicted molar refractivity (Wildman–Crippen MR) is 72.5 cm³/mol. The largest absolute Gasteiger partial charge is 0.376 e. The summed E-state index contributed by atoms with van der Waals surface area (Å²) in [5, 5.41) is 2.20. The van der Waals surface area contributed by atoms with Crippen LogP contribution in [-0.2, 0) is 11.2 Å². The maximum atomic E-state index is 5.75. The van der Waals surface area contributed by atoms with Crippen LogP contribution in [0.3, 0.4) is 0 Å². The average molecular weight is 254 g/mol. The SMILES string of the molecule is CCOC(CN)CN1CCc2sccc2C1C. The molecule has 2 atom stereocenters. The molecule has 1 aliphatic heterocycles. The predicted octanol–water partition coefficient (Wildman–Crippen LogP) is 2.03. The van der Waals surface area contributed by atoms with Gasteiger partial charge >= 0.3 is 0 Å². The van der Waals surface area contributed by atoms with Crippen LogP contribution >= 0.6 is 11.3 Å².